The molecule has 1 heterocycles. The Hall–Kier alpha value is -1.83. The third kappa shape index (κ3) is 3.38. The number of halogens is 2. The lowest BCUT2D eigenvalue weighted by molar-refractivity contribution is 1.00. The van der Waals surface area contributed by atoms with Crippen LogP contribution in [0.4, 0.5) is 11.6 Å². The average Bonchev–Trinajstić information content (AvgIpc) is 2.44. The highest BCUT2D eigenvalue weighted by molar-refractivity contribution is 6.30. The van der Waals surface area contributed by atoms with Gasteiger partial charge in [-0.25, -0.2) is 9.97 Å². The summed E-state index contributed by atoms with van der Waals surface area (Å²) in [6.07, 6.45) is 0.642. The molecule has 20 heavy (non-hydrogen) atoms. The fourth-order valence-corrected chi connectivity index (χ4v) is 2.25. The molecule has 0 saturated heterocycles. The summed E-state index contributed by atoms with van der Waals surface area (Å²) >= 11 is 11.9. The van der Waals surface area contributed by atoms with Crippen LogP contribution in [0.3, 0.4) is 0 Å². The third-order valence-electron chi connectivity index (χ3n) is 2.78. The molecule has 1 aromatic heterocycles. The number of hydrogen-bond acceptors (Lipinski definition) is 4. The molecule has 0 radical (unpaired) electrons. The number of nitrogens with zero attached hydrogens (tertiary/aromatic N) is 3. The molecule has 2 aromatic rings. The van der Waals surface area contributed by atoms with Gasteiger partial charge in [0.2, 0.25) is 5.95 Å². The van der Waals surface area contributed by atoms with Crippen molar-refractivity contribution in [2.24, 2.45) is 0 Å². The van der Waals surface area contributed by atoms with E-state index in [1.165, 1.54) is 0 Å². The molecule has 0 atom stereocenters. The van der Waals surface area contributed by atoms with E-state index in [-0.39, 0.29) is 0 Å². The maximum Gasteiger partial charge on any atom is 0.228 e. The van der Waals surface area contributed by atoms with E-state index in [4.69, 9.17) is 28.5 Å². The summed E-state index contributed by atoms with van der Waals surface area (Å²) in [6, 6.07) is 9.09. The maximum absolute atomic E-state index is 8.75. The molecule has 6 heteroatoms. The number of nitriles is 1. The highest BCUT2D eigenvalue weighted by Crippen LogP contribution is 2.21. The van der Waals surface area contributed by atoms with Gasteiger partial charge in [-0.2, -0.15) is 5.26 Å². The zero-order valence-corrected chi connectivity index (χ0v) is 12.3. The topological polar surface area (TPSA) is 61.6 Å². The zero-order valence-electron chi connectivity index (χ0n) is 10.8. The number of benzene rings is 1. The van der Waals surface area contributed by atoms with E-state index in [1.54, 1.807) is 24.3 Å². The van der Waals surface area contributed by atoms with Crippen molar-refractivity contribution in [2.45, 2.75) is 13.3 Å². The van der Waals surface area contributed by atoms with Gasteiger partial charge >= 0.3 is 0 Å². The largest absolute Gasteiger partial charge is 0.324 e. The molecule has 0 amide bonds. The number of rotatable bonds is 4. The smallest absolute Gasteiger partial charge is 0.228 e. The molecule has 2 rings (SSSR count). The highest BCUT2D eigenvalue weighted by atomic mass is 35.5. The number of aromatic nitrogens is 2. The first-order chi connectivity index (χ1) is 9.63. The van der Waals surface area contributed by atoms with Gasteiger partial charge in [0.05, 0.1) is 11.6 Å². The van der Waals surface area contributed by atoms with Gasteiger partial charge < -0.3 is 5.32 Å². The van der Waals surface area contributed by atoms with E-state index in [9.17, 15) is 0 Å². The number of hydrogen-bond donors (Lipinski definition) is 1. The molecule has 0 bridgehead atoms. The molecule has 4 nitrogen and oxygen atoms in total. The minimum Gasteiger partial charge on any atom is -0.324 e. The Morgan fingerprint density at radius 2 is 1.95 bits per heavy atom. The molecule has 1 aromatic carbocycles. The highest BCUT2D eigenvalue weighted by Gasteiger charge is 2.09. The van der Waals surface area contributed by atoms with Crippen LogP contribution >= 0.6 is 23.2 Å². The summed E-state index contributed by atoms with van der Waals surface area (Å²) in [5.41, 5.74) is 3.07. The van der Waals surface area contributed by atoms with Crippen LogP contribution in [0.25, 0.3) is 0 Å². The minimum atomic E-state index is 0.411. The molecular weight excluding hydrogens is 295 g/mol. The Labute approximate surface area is 127 Å². The first kappa shape index (κ1) is 14.6. The Bertz CT molecular complexity index is 624. The fourth-order valence-electron chi connectivity index (χ4n) is 1.75. The molecule has 0 aliphatic carbocycles. The van der Waals surface area contributed by atoms with E-state index < -0.39 is 0 Å². The molecular formula is C14H12Cl2N4. The van der Waals surface area contributed by atoms with Crippen molar-refractivity contribution in [1.29, 1.82) is 5.26 Å². The van der Waals surface area contributed by atoms with Gasteiger partial charge in [0.25, 0.3) is 0 Å². The van der Waals surface area contributed by atoms with Crippen LogP contribution in [0.15, 0.2) is 24.3 Å². The summed E-state index contributed by atoms with van der Waals surface area (Å²) < 4.78 is 0. The van der Waals surface area contributed by atoms with Gasteiger partial charge in [-0.15, -0.1) is 11.6 Å². The van der Waals surface area contributed by atoms with Gasteiger partial charge in [-0.05, 0) is 37.6 Å². The number of anilines is 2. The summed E-state index contributed by atoms with van der Waals surface area (Å²) in [7, 11) is 0. The molecule has 0 fully saturated rings. The summed E-state index contributed by atoms with van der Waals surface area (Å²) in [5, 5.41) is 12.2. The zero-order chi connectivity index (χ0) is 14.5. The Morgan fingerprint density at radius 1 is 1.25 bits per heavy atom. The van der Waals surface area contributed by atoms with Crippen LogP contribution in [-0.2, 0) is 6.42 Å². The van der Waals surface area contributed by atoms with Crippen LogP contribution in [-0.4, -0.2) is 15.8 Å². The van der Waals surface area contributed by atoms with Gasteiger partial charge in [0.1, 0.15) is 5.15 Å². The lowest BCUT2D eigenvalue weighted by Crippen LogP contribution is -2.04. The Balaban J connectivity index is 2.23. The Morgan fingerprint density at radius 3 is 2.50 bits per heavy atom. The second-order valence-electron chi connectivity index (χ2n) is 4.16. The van der Waals surface area contributed by atoms with Gasteiger partial charge in [0.15, 0.2) is 0 Å². The van der Waals surface area contributed by atoms with E-state index in [2.05, 4.69) is 21.4 Å². The van der Waals surface area contributed by atoms with Crippen molar-refractivity contribution in [3.8, 4) is 6.07 Å². The minimum absolute atomic E-state index is 0.411. The normalized spacial score (nSPS) is 10.1. The lowest BCUT2D eigenvalue weighted by Gasteiger charge is -2.10. The van der Waals surface area contributed by atoms with Crippen molar-refractivity contribution in [3.63, 3.8) is 0 Å². The summed E-state index contributed by atoms with van der Waals surface area (Å²) in [6.45, 7) is 1.87. The molecule has 0 unspecified atom stereocenters. The fraction of sp³-hybridized carbons (Fsp3) is 0.214. The van der Waals surface area contributed by atoms with Crippen LogP contribution in [0, 0.1) is 18.3 Å². The Kier molecular flexibility index (Phi) is 4.78. The van der Waals surface area contributed by atoms with Crippen molar-refractivity contribution in [1.82, 2.24) is 9.97 Å². The van der Waals surface area contributed by atoms with Crippen molar-refractivity contribution >= 4 is 34.8 Å². The monoisotopic (exact) mass is 306 g/mol. The predicted octanol–water partition coefficient (Wildman–Crippen LogP) is 3.84. The first-order valence-electron chi connectivity index (χ1n) is 6.00. The number of aryl methyl sites for hydroxylation is 1. The SMILES string of the molecule is Cc1nc(Nc2ccc(C#N)cc2)nc(Cl)c1CCCl. The van der Waals surface area contributed by atoms with Crippen molar-refractivity contribution in [2.75, 3.05) is 11.2 Å². The van der Waals surface area contributed by atoms with Gasteiger partial charge in [-0.3, -0.25) is 0 Å². The maximum atomic E-state index is 8.75. The molecule has 0 aliphatic heterocycles. The number of alkyl halides is 1. The number of nitrogens with one attached hydrogen (secondary N) is 1. The molecule has 1 N–H and O–H groups in total. The second-order valence-corrected chi connectivity index (χ2v) is 4.89. The van der Waals surface area contributed by atoms with E-state index in [0.717, 1.165) is 16.9 Å². The third-order valence-corrected chi connectivity index (χ3v) is 3.28. The van der Waals surface area contributed by atoms with E-state index in [0.29, 0.717) is 29.0 Å². The summed E-state index contributed by atoms with van der Waals surface area (Å²) in [5.74, 6) is 0.905. The molecule has 0 saturated carbocycles. The molecule has 0 spiro atoms. The van der Waals surface area contributed by atoms with E-state index >= 15 is 0 Å². The molecule has 102 valence electrons. The van der Waals surface area contributed by atoms with Crippen LogP contribution < -0.4 is 5.32 Å². The quantitative estimate of drug-likeness (QED) is 0.688. The standard InChI is InChI=1S/C14H12Cl2N4/c1-9-12(6-7-15)13(16)20-14(18-9)19-11-4-2-10(8-17)3-5-11/h2-5H,6-7H2,1H3,(H,18,19,20). The average molecular weight is 307 g/mol. The van der Waals surface area contributed by atoms with Gasteiger partial charge in [-0.1, -0.05) is 11.6 Å². The second kappa shape index (κ2) is 6.56. The van der Waals surface area contributed by atoms with Gasteiger partial charge in [0, 0.05) is 22.8 Å². The van der Waals surface area contributed by atoms with Crippen molar-refractivity contribution in [3.05, 3.63) is 46.2 Å². The van der Waals surface area contributed by atoms with Crippen LogP contribution in [0.1, 0.15) is 16.8 Å². The van der Waals surface area contributed by atoms with E-state index in [1.807, 2.05) is 6.92 Å². The predicted molar refractivity (Wildman–Crippen MR) is 80.6 cm³/mol. The lowest BCUT2D eigenvalue weighted by atomic mass is 10.2. The summed E-state index contributed by atoms with van der Waals surface area (Å²) in [4.78, 5) is 8.57. The molecule has 0 aliphatic rings. The van der Waals surface area contributed by atoms with Crippen LogP contribution in [0.5, 0.6) is 0 Å². The van der Waals surface area contributed by atoms with Crippen molar-refractivity contribution < 1.29 is 0 Å². The van der Waals surface area contributed by atoms with Crippen LogP contribution in [0.2, 0.25) is 5.15 Å². The first-order valence-corrected chi connectivity index (χ1v) is 6.91.